The maximum absolute atomic E-state index is 13.3. The number of aromatic nitrogens is 2. The van der Waals surface area contributed by atoms with E-state index in [0.29, 0.717) is 31.7 Å². The Bertz CT molecular complexity index is 1070. The van der Waals surface area contributed by atoms with E-state index in [4.69, 9.17) is 0 Å². The second-order valence-electron chi connectivity index (χ2n) is 8.30. The molecular weight excluding hydrogens is 400 g/mol. The zero-order valence-corrected chi connectivity index (χ0v) is 18.3. The van der Waals surface area contributed by atoms with Crippen molar-refractivity contribution in [3.63, 3.8) is 0 Å². The van der Waals surface area contributed by atoms with Gasteiger partial charge >= 0.3 is 0 Å². The van der Waals surface area contributed by atoms with Crippen molar-refractivity contribution >= 4 is 11.8 Å². The van der Waals surface area contributed by atoms with Crippen LogP contribution < -0.4 is 5.32 Å². The van der Waals surface area contributed by atoms with Gasteiger partial charge in [0.15, 0.2) is 0 Å². The van der Waals surface area contributed by atoms with Crippen molar-refractivity contribution in [2.24, 2.45) is 5.41 Å². The molecule has 1 atom stereocenters. The lowest BCUT2D eigenvalue weighted by Gasteiger charge is -2.41. The summed E-state index contributed by atoms with van der Waals surface area (Å²) in [4.78, 5) is 36.5. The Kier molecular flexibility index (Phi) is 6.59. The molecule has 0 aliphatic carbocycles. The lowest BCUT2D eigenvalue weighted by Crippen LogP contribution is -2.54. The molecule has 4 rings (SSSR count). The lowest BCUT2D eigenvalue weighted by atomic mass is 9.74. The first-order chi connectivity index (χ1) is 15.6. The van der Waals surface area contributed by atoms with Crippen LogP contribution in [0.3, 0.4) is 0 Å². The average molecular weight is 429 g/mol. The molecule has 3 aromatic rings. The van der Waals surface area contributed by atoms with Gasteiger partial charge in [-0.1, -0.05) is 30.3 Å². The minimum Gasteiger partial charge on any atom is -0.356 e. The molecule has 164 valence electrons. The second-order valence-corrected chi connectivity index (χ2v) is 8.30. The summed E-state index contributed by atoms with van der Waals surface area (Å²) in [5.41, 5.74) is 3.00. The standard InChI is InChI=1S/C26H28N4O2/c1-2-28-25(32)26(12-6-16-30(19-26)24(31)23-9-3-4-13-29-23)18-20-7-5-8-22(17-20)21-10-14-27-15-11-21/h3-5,7-11,13-15,17H,2,6,12,16,18-19H2,1H3,(H,28,32)/t26-/m0/s1. The number of piperidine rings is 1. The molecule has 3 heterocycles. The van der Waals surface area contributed by atoms with Gasteiger partial charge in [0.25, 0.3) is 5.91 Å². The van der Waals surface area contributed by atoms with Gasteiger partial charge in [-0.2, -0.15) is 0 Å². The Morgan fingerprint density at radius 1 is 1.03 bits per heavy atom. The molecule has 1 aromatic carbocycles. The lowest BCUT2D eigenvalue weighted by molar-refractivity contribution is -0.133. The number of rotatable bonds is 6. The number of pyridine rings is 2. The van der Waals surface area contributed by atoms with Crippen molar-refractivity contribution in [3.8, 4) is 11.1 Å². The number of likely N-dealkylation sites (tertiary alicyclic amines) is 1. The highest BCUT2D eigenvalue weighted by Crippen LogP contribution is 2.35. The predicted octanol–water partition coefficient (Wildman–Crippen LogP) is 3.74. The van der Waals surface area contributed by atoms with Crippen LogP contribution in [-0.4, -0.2) is 46.3 Å². The molecule has 2 amide bonds. The molecule has 1 saturated heterocycles. The molecule has 2 aromatic heterocycles. The highest BCUT2D eigenvalue weighted by molar-refractivity contribution is 5.93. The summed E-state index contributed by atoms with van der Waals surface area (Å²) in [5.74, 6) is -0.114. The van der Waals surface area contributed by atoms with Gasteiger partial charge < -0.3 is 10.2 Å². The fourth-order valence-corrected chi connectivity index (χ4v) is 4.51. The Morgan fingerprint density at radius 2 is 1.88 bits per heavy atom. The predicted molar refractivity (Wildman–Crippen MR) is 124 cm³/mol. The fourth-order valence-electron chi connectivity index (χ4n) is 4.51. The number of carbonyl (C=O) groups excluding carboxylic acids is 2. The summed E-state index contributed by atoms with van der Waals surface area (Å²) < 4.78 is 0. The van der Waals surface area contributed by atoms with Crippen LogP contribution in [0.4, 0.5) is 0 Å². The summed E-state index contributed by atoms with van der Waals surface area (Å²) in [6, 6.07) is 17.6. The van der Waals surface area contributed by atoms with Gasteiger partial charge in [-0.3, -0.25) is 19.6 Å². The maximum Gasteiger partial charge on any atom is 0.272 e. The van der Waals surface area contributed by atoms with E-state index in [2.05, 4.69) is 33.5 Å². The maximum atomic E-state index is 13.3. The summed E-state index contributed by atoms with van der Waals surface area (Å²) in [6.07, 6.45) is 7.27. The number of nitrogens with one attached hydrogen (secondary N) is 1. The van der Waals surface area contributed by atoms with Gasteiger partial charge in [0.05, 0.1) is 5.41 Å². The van der Waals surface area contributed by atoms with E-state index in [1.54, 1.807) is 35.6 Å². The van der Waals surface area contributed by atoms with Crippen molar-refractivity contribution in [3.05, 3.63) is 84.4 Å². The molecule has 0 bridgehead atoms. The highest BCUT2D eigenvalue weighted by atomic mass is 16.2. The molecule has 32 heavy (non-hydrogen) atoms. The zero-order valence-electron chi connectivity index (χ0n) is 18.3. The molecule has 0 unspecified atom stereocenters. The minimum atomic E-state index is -0.671. The number of hydrogen-bond donors (Lipinski definition) is 1. The molecule has 1 fully saturated rings. The molecule has 6 heteroatoms. The Balaban J connectivity index is 1.62. The number of amides is 2. The van der Waals surface area contributed by atoms with Crippen LogP contribution in [0.1, 0.15) is 35.8 Å². The van der Waals surface area contributed by atoms with E-state index in [1.807, 2.05) is 31.2 Å². The van der Waals surface area contributed by atoms with Gasteiger partial charge in [-0.25, -0.2) is 0 Å². The van der Waals surface area contributed by atoms with Crippen LogP contribution >= 0.6 is 0 Å². The Hall–Kier alpha value is -3.54. The third kappa shape index (κ3) is 4.69. The van der Waals surface area contributed by atoms with Gasteiger partial charge in [0, 0.05) is 38.2 Å². The van der Waals surface area contributed by atoms with Crippen molar-refractivity contribution in [2.75, 3.05) is 19.6 Å². The van der Waals surface area contributed by atoms with Crippen LogP contribution in [-0.2, 0) is 11.2 Å². The molecule has 0 saturated carbocycles. The van der Waals surface area contributed by atoms with E-state index >= 15 is 0 Å². The van der Waals surface area contributed by atoms with E-state index in [1.165, 1.54) is 0 Å². The third-order valence-electron chi connectivity index (χ3n) is 6.05. The largest absolute Gasteiger partial charge is 0.356 e. The first-order valence-corrected chi connectivity index (χ1v) is 11.1. The molecule has 6 nitrogen and oxygen atoms in total. The highest BCUT2D eigenvalue weighted by Gasteiger charge is 2.43. The second kappa shape index (κ2) is 9.73. The van der Waals surface area contributed by atoms with E-state index in [9.17, 15) is 9.59 Å². The summed E-state index contributed by atoms with van der Waals surface area (Å²) in [5, 5.41) is 3.02. The summed E-state index contributed by atoms with van der Waals surface area (Å²) >= 11 is 0. The molecule has 1 aliphatic heterocycles. The molecule has 0 radical (unpaired) electrons. The molecular formula is C26H28N4O2. The smallest absolute Gasteiger partial charge is 0.272 e. The Morgan fingerprint density at radius 3 is 2.62 bits per heavy atom. The summed E-state index contributed by atoms with van der Waals surface area (Å²) in [7, 11) is 0. The fraction of sp³-hybridized carbons (Fsp3) is 0.308. The molecule has 0 spiro atoms. The first-order valence-electron chi connectivity index (χ1n) is 11.1. The molecule has 1 aliphatic rings. The van der Waals surface area contributed by atoms with Crippen LogP contribution in [0.2, 0.25) is 0 Å². The van der Waals surface area contributed by atoms with Crippen LogP contribution in [0.5, 0.6) is 0 Å². The minimum absolute atomic E-state index is 0.00725. The quantitative estimate of drug-likeness (QED) is 0.649. The van der Waals surface area contributed by atoms with E-state index < -0.39 is 5.41 Å². The summed E-state index contributed by atoms with van der Waals surface area (Å²) in [6.45, 7) is 3.50. The van der Waals surface area contributed by atoms with Gasteiger partial charge in [-0.05, 0) is 67.1 Å². The van der Waals surface area contributed by atoms with Crippen molar-refractivity contribution in [1.29, 1.82) is 0 Å². The number of benzene rings is 1. The SMILES string of the molecule is CCNC(=O)[C@]1(Cc2cccc(-c3ccncc3)c2)CCCN(C(=O)c2ccccn2)C1. The van der Waals surface area contributed by atoms with Crippen molar-refractivity contribution < 1.29 is 9.59 Å². The number of carbonyl (C=O) groups is 2. The van der Waals surface area contributed by atoms with Gasteiger partial charge in [0.2, 0.25) is 5.91 Å². The van der Waals surface area contributed by atoms with Crippen molar-refractivity contribution in [2.45, 2.75) is 26.2 Å². The van der Waals surface area contributed by atoms with Crippen LogP contribution in [0, 0.1) is 5.41 Å². The molecule has 1 N–H and O–H groups in total. The Labute approximate surface area is 188 Å². The number of hydrogen-bond acceptors (Lipinski definition) is 4. The average Bonchev–Trinajstić information content (AvgIpc) is 2.85. The monoisotopic (exact) mass is 428 g/mol. The first kappa shape index (κ1) is 21.7. The van der Waals surface area contributed by atoms with Crippen LogP contribution in [0.25, 0.3) is 11.1 Å². The third-order valence-corrected chi connectivity index (χ3v) is 6.05. The van der Waals surface area contributed by atoms with E-state index in [0.717, 1.165) is 29.5 Å². The number of nitrogens with zero attached hydrogens (tertiary/aromatic N) is 3. The topological polar surface area (TPSA) is 75.2 Å². The normalized spacial score (nSPS) is 18.2. The zero-order chi connectivity index (χ0) is 22.4. The van der Waals surface area contributed by atoms with Crippen LogP contribution in [0.15, 0.2) is 73.2 Å². The van der Waals surface area contributed by atoms with E-state index in [-0.39, 0.29) is 11.8 Å². The van der Waals surface area contributed by atoms with Gasteiger partial charge in [-0.15, -0.1) is 0 Å². The van der Waals surface area contributed by atoms with Crippen molar-refractivity contribution in [1.82, 2.24) is 20.2 Å². The van der Waals surface area contributed by atoms with Gasteiger partial charge in [0.1, 0.15) is 5.69 Å².